The van der Waals surface area contributed by atoms with Gasteiger partial charge in [0.2, 0.25) is 0 Å². The van der Waals surface area contributed by atoms with Crippen LogP contribution < -0.4 is 4.90 Å². The van der Waals surface area contributed by atoms with Crippen molar-refractivity contribution in [1.82, 2.24) is 24.5 Å². The normalized spacial score (nSPS) is 19.6. The van der Waals surface area contributed by atoms with Gasteiger partial charge in [-0.15, -0.1) is 0 Å². The number of hydrogen-bond acceptors (Lipinski definition) is 5. The lowest BCUT2D eigenvalue weighted by molar-refractivity contribution is 0.0599. The first-order chi connectivity index (χ1) is 14.6. The maximum absolute atomic E-state index is 13.2. The molecule has 0 radical (unpaired) electrons. The van der Waals surface area contributed by atoms with Gasteiger partial charge in [0, 0.05) is 43.2 Å². The Kier molecular flexibility index (Phi) is 4.89. The summed E-state index contributed by atoms with van der Waals surface area (Å²) in [6.45, 7) is 6.89. The summed E-state index contributed by atoms with van der Waals surface area (Å²) in [5, 5.41) is 4.83. The van der Waals surface area contributed by atoms with Crippen LogP contribution in [-0.2, 0) is 0 Å². The lowest BCUT2D eigenvalue weighted by Gasteiger charge is -2.34. The van der Waals surface area contributed by atoms with E-state index in [1.165, 1.54) is 12.8 Å². The quantitative estimate of drug-likeness (QED) is 0.666. The number of carbonyl (C=O) groups excluding carboxylic acids is 1. The third kappa shape index (κ3) is 3.42. The number of nitrogens with zero attached hydrogens (tertiary/aromatic N) is 6. The molecule has 3 aromatic heterocycles. The molecular weight excluding hydrogens is 376 g/mol. The summed E-state index contributed by atoms with van der Waals surface area (Å²) >= 11 is 0. The molecule has 2 aliphatic rings. The summed E-state index contributed by atoms with van der Waals surface area (Å²) in [5.41, 5.74) is 4.28. The van der Waals surface area contributed by atoms with Crippen molar-refractivity contribution >= 4 is 17.4 Å². The first-order valence-electron chi connectivity index (χ1n) is 11.0. The van der Waals surface area contributed by atoms with Crippen LogP contribution in [0, 0.1) is 13.8 Å². The second-order valence-electron chi connectivity index (χ2n) is 8.49. The highest BCUT2D eigenvalue weighted by atomic mass is 16.2. The van der Waals surface area contributed by atoms with Crippen molar-refractivity contribution in [3.63, 3.8) is 0 Å². The van der Waals surface area contributed by atoms with E-state index in [4.69, 9.17) is 10.1 Å². The van der Waals surface area contributed by atoms with E-state index in [9.17, 15) is 4.79 Å². The summed E-state index contributed by atoms with van der Waals surface area (Å²) in [6, 6.07) is 7.63. The Bertz CT molecular complexity index is 1080. The van der Waals surface area contributed by atoms with Crippen LogP contribution in [0.1, 0.15) is 65.6 Å². The first-order valence-corrected chi connectivity index (χ1v) is 11.0. The predicted octanol–water partition coefficient (Wildman–Crippen LogP) is 3.71. The number of fused-ring (bicyclic) bond motifs is 1. The number of rotatable bonds is 3. The summed E-state index contributed by atoms with van der Waals surface area (Å²) in [5.74, 6) is 1.05. The van der Waals surface area contributed by atoms with Gasteiger partial charge in [-0.05, 0) is 58.1 Å². The van der Waals surface area contributed by atoms with Crippen molar-refractivity contribution < 1.29 is 4.79 Å². The average Bonchev–Trinajstić information content (AvgIpc) is 3.42. The van der Waals surface area contributed by atoms with Gasteiger partial charge in [0.25, 0.3) is 5.91 Å². The number of likely N-dealkylation sites (tertiary alicyclic amines) is 1. The predicted molar refractivity (Wildman–Crippen MR) is 116 cm³/mol. The van der Waals surface area contributed by atoms with E-state index < -0.39 is 0 Å². The molecule has 0 bridgehead atoms. The second-order valence-corrected chi connectivity index (χ2v) is 8.49. The van der Waals surface area contributed by atoms with Gasteiger partial charge in [-0.1, -0.05) is 6.07 Å². The molecule has 0 spiro atoms. The van der Waals surface area contributed by atoms with Crippen LogP contribution in [0.3, 0.4) is 0 Å². The number of piperidine rings is 1. The molecule has 7 heteroatoms. The number of hydrogen-bond donors (Lipinski definition) is 0. The highest BCUT2D eigenvalue weighted by Gasteiger charge is 2.31. The molecule has 0 aromatic carbocycles. The fourth-order valence-electron chi connectivity index (χ4n) is 4.72. The van der Waals surface area contributed by atoms with E-state index in [1.54, 1.807) is 6.07 Å². The Labute approximate surface area is 176 Å². The maximum Gasteiger partial charge on any atom is 0.273 e. The van der Waals surface area contributed by atoms with Crippen molar-refractivity contribution in [3.8, 4) is 0 Å². The van der Waals surface area contributed by atoms with Crippen LogP contribution in [0.2, 0.25) is 0 Å². The van der Waals surface area contributed by atoms with E-state index in [1.807, 2.05) is 28.5 Å². The van der Waals surface area contributed by atoms with Crippen LogP contribution in [0.5, 0.6) is 0 Å². The standard InChI is InChI=1S/C23H28N6O/c1-16-15-29-21(25-22(16)27-11-5-6-12-27)14-19(26-29)20-10-3-4-13-28(20)23(30)18-9-7-8-17(2)24-18/h7-9,14-15,20H,3-6,10-13H2,1-2H3. The molecular formula is C23H28N6O. The molecule has 1 unspecified atom stereocenters. The van der Waals surface area contributed by atoms with Gasteiger partial charge in [0.15, 0.2) is 5.65 Å². The monoisotopic (exact) mass is 404 g/mol. The fraction of sp³-hybridized carbons (Fsp3) is 0.478. The molecule has 1 amide bonds. The SMILES string of the molecule is Cc1cccc(C(=O)N2CCCCC2c2cc3nc(N4CCCC4)c(C)cn3n2)n1. The van der Waals surface area contributed by atoms with Gasteiger partial charge in [-0.2, -0.15) is 5.10 Å². The van der Waals surface area contributed by atoms with Crippen LogP contribution in [0.25, 0.3) is 5.65 Å². The number of pyridine rings is 1. The van der Waals surface area contributed by atoms with Gasteiger partial charge in [-0.25, -0.2) is 14.5 Å². The molecule has 0 aliphatic carbocycles. The Morgan fingerprint density at radius 3 is 2.63 bits per heavy atom. The molecule has 2 saturated heterocycles. The largest absolute Gasteiger partial charge is 0.356 e. The topological polar surface area (TPSA) is 66.6 Å². The number of carbonyl (C=O) groups is 1. The molecule has 2 aliphatic heterocycles. The summed E-state index contributed by atoms with van der Waals surface area (Å²) in [4.78, 5) is 26.9. The number of aromatic nitrogens is 4. The third-order valence-corrected chi connectivity index (χ3v) is 6.24. The van der Waals surface area contributed by atoms with Crippen molar-refractivity contribution in [2.24, 2.45) is 0 Å². The molecule has 30 heavy (non-hydrogen) atoms. The Morgan fingerprint density at radius 2 is 1.83 bits per heavy atom. The molecule has 5 rings (SSSR count). The van der Waals surface area contributed by atoms with Crippen LogP contribution in [0.4, 0.5) is 5.82 Å². The average molecular weight is 405 g/mol. The maximum atomic E-state index is 13.2. The van der Waals surface area contributed by atoms with E-state index >= 15 is 0 Å². The van der Waals surface area contributed by atoms with Crippen molar-refractivity contribution in [3.05, 3.63) is 53.1 Å². The highest BCUT2D eigenvalue weighted by Crippen LogP contribution is 2.32. The number of aryl methyl sites for hydroxylation is 2. The zero-order valence-electron chi connectivity index (χ0n) is 17.7. The fourth-order valence-corrected chi connectivity index (χ4v) is 4.72. The van der Waals surface area contributed by atoms with E-state index in [2.05, 4.69) is 29.1 Å². The minimum atomic E-state index is -0.0363. The molecule has 0 N–H and O–H groups in total. The molecule has 156 valence electrons. The van der Waals surface area contributed by atoms with E-state index in [-0.39, 0.29) is 11.9 Å². The van der Waals surface area contributed by atoms with Crippen molar-refractivity contribution in [1.29, 1.82) is 0 Å². The zero-order valence-corrected chi connectivity index (χ0v) is 17.7. The van der Waals surface area contributed by atoms with Gasteiger partial charge in [0.05, 0.1) is 11.7 Å². The zero-order chi connectivity index (χ0) is 20.7. The number of amides is 1. The number of anilines is 1. The lowest BCUT2D eigenvalue weighted by Crippen LogP contribution is -2.39. The van der Waals surface area contributed by atoms with Gasteiger partial charge in [-0.3, -0.25) is 4.79 Å². The Balaban J connectivity index is 1.48. The summed E-state index contributed by atoms with van der Waals surface area (Å²) in [6.07, 6.45) is 7.54. The summed E-state index contributed by atoms with van der Waals surface area (Å²) < 4.78 is 1.87. The lowest BCUT2D eigenvalue weighted by atomic mass is 9.99. The Morgan fingerprint density at radius 1 is 1.03 bits per heavy atom. The Hall–Kier alpha value is -2.96. The van der Waals surface area contributed by atoms with Crippen molar-refractivity contribution in [2.75, 3.05) is 24.5 Å². The first kappa shape index (κ1) is 19.0. The van der Waals surface area contributed by atoms with Gasteiger partial charge < -0.3 is 9.80 Å². The smallest absolute Gasteiger partial charge is 0.273 e. The molecule has 1 atom stereocenters. The summed E-state index contributed by atoms with van der Waals surface area (Å²) in [7, 11) is 0. The molecule has 5 heterocycles. The second kappa shape index (κ2) is 7.70. The minimum absolute atomic E-state index is 0.0117. The van der Waals surface area contributed by atoms with Gasteiger partial charge in [0.1, 0.15) is 11.5 Å². The molecule has 2 fully saturated rings. The van der Waals surface area contributed by atoms with Crippen LogP contribution >= 0.6 is 0 Å². The van der Waals surface area contributed by atoms with E-state index in [0.29, 0.717) is 5.69 Å². The van der Waals surface area contributed by atoms with E-state index in [0.717, 1.165) is 67.3 Å². The third-order valence-electron chi connectivity index (χ3n) is 6.24. The molecule has 0 saturated carbocycles. The van der Waals surface area contributed by atoms with Gasteiger partial charge >= 0.3 is 0 Å². The van der Waals surface area contributed by atoms with Crippen molar-refractivity contribution in [2.45, 2.75) is 52.0 Å². The highest BCUT2D eigenvalue weighted by molar-refractivity contribution is 5.92. The molecule has 3 aromatic rings. The minimum Gasteiger partial charge on any atom is -0.356 e. The molecule has 7 nitrogen and oxygen atoms in total. The van der Waals surface area contributed by atoms with Crippen LogP contribution in [-0.4, -0.2) is 50.0 Å². The van der Waals surface area contributed by atoms with Crippen LogP contribution in [0.15, 0.2) is 30.5 Å².